The smallest absolute Gasteiger partial charge is 0.227 e. The number of carbonyl (C=O) groups is 2. The first-order chi connectivity index (χ1) is 13.0. The number of rotatable bonds is 6. The van der Waals surface area contributed by atoms with Gasteiger partial charge in [-0.2, -0.15) is 0 Å². The monoisotopic (exact) mass is 411 g/mol. The number of carbonyl (C=O) groups excluding carboxylic acids is 2. The first kappa shape index (κ1) is 22.3. The Balaban J connectivity index is 0.00000280. The van der Waals surface area contributed by atoms with Crippen molar-refractivity contribution in [2.24, 2.45) is 11.7 Å². The first-order valence-corrected chi connectivity index (χ1v) is 9.55. The van der Waals surface area contributed by atoms with Gasteiger partial charge in [-0.05, 0) is 37.0 Å². The predicted octanol–water partition coefficient (Wildman–Crippen LogP) is 1.47. The van der Waals surface area contributed by atoms with Gasteiger partial charge in [0.2, 0.25) is 11.8 Å². The summed E-state index contributed by atoms with van der Waals surface area (Å²) in [6, 6.07) is 5.96. The molecule has 0 aliphatic carbocycles. The highest BCUT2D eigenvalue weighted by atomic mass is 35.5. The van der Waals surface area contributed by atoms with E-state index in [2.05, 4.69) is 0 Å². The van der Waals surface area contributed by atoms with Gasteiger partial charge >= 0.3 is 0 Å². The molecule has 0 spiro atoms. The second-order valence-corrected chi connectivity index (χ2v) is 7.34. The van der Waals surface area contributed by atoms with E-state index >= 15 is 0 Å². The number of nitrogens with two attached hydrogens (primary N) is 1. The molecule has 0 radical (unpaired) electrons. The van der Waals surface area contributed by atoms with Crippen LogP contribution in [0.3, 0.4) is 0 Å². The normalized spacial score (nSPS) is 20.1. The second kappa shape index (κ2) is 9.98. The van der Waals surface area contributed by atoms with Crippen molar-refractivity contribution < 1.29 is 19.1 Å². The summed E-state index contributed by atoms with van der Waals surface area (Å²) in [5.74, 6) is 1.30. The van der Waals surface area contributed by atoms with Crippen LogP contribution in [0.25, 0.3) is 0 Å². The Morgan fingerprint density at radius 2 is 1.86 bits per heavy atom. The van der Waals surface area contributed by atoms with Crippen molar-refractivity contribution in [3.63, 3.8) is 0 Å². The van der Waals surface area contributed by atoms with E-state index in [-0.39, 0.29) is 36.2 Å². The molecule has 1 unspecified atom stereocenters. The Kier molecular flexibility index (Phi) is 7.95. The van der Waals surface area contributed by atoms with Gasteiger partial charge in [0.25, 0.3) is 0 Å². The Morgan fingerprint density at radius 1 is 1.18 bits per heavy atom. The number of likely N-dealkylation sites (tertiary alicyclic amines) is 2. The van der Waals surface area contributed by atoms with Gasteiger partial charge in [-0.15, -0.1) is 12.4 Å². The molecule has 1 aromatic carbocycles. The standard InChI is InChI=1S/C20H29N3O4.ClH/c1-26-17-4-3-14(11-18(17)27-2)5-8-23-13-15(12-19(23)24)20(25)22-9-6-16(21)7-10-22;/h3-4,11,15-16H,5-10,12-13,21H2,1-2H3;1H. The van der Waals surface area contributed by atoms with Crippen LogP contribution in [-0.2, 0) is 16.0 Å². The Hall–Kier alpha value is -1.99. The third-order valence-corrected chi connectivity index (χ3v) is 5.53. The summed E-state index contributed by atoms with van der Waals surface area (Å²) in [4.78, 5) is 28.7. The minimum atomic E-state index is -0.225. The fourth-order valence-corrected chi connectivity index (χ4v) is 3.83. The van der Waals surface area contributed by atoms with E-state index in [0.29, 0.717) is 50.5 Å². The van der Waals surface area contributed by atoms with Gasteiger partial charge in [0, 0.05) is 38.6 Å². The molecule has 28 heavy (non-hydrogen) atoms. The number of hydrogen-bond donors (Lipinski definition) is 1. The lowest BCUT2D eigenvalue weighted by Gasteiger charge is -2.31. The van der Waals surface area contributed by atoms with Crippen molar-refractivity contribution in [3.05, 3.63) is 23.8 Å². The number of halogens is 1. The number of piperidine rings is 1. The predicted molar refractivity (Wildman–Crippen MR) is 109 cm³/mol. The number of nitrogens with zero attached hydrogens (tertiary/aromatic N) is 2. The molecule has 8 heteroatoms. The molecule has 1 atom stereocenters. The lowest BCUT2D eigenvalue weighted by Crippen LogP contribution is -2.45. The molecule has 0 bridgehead atoms. The molecule has 156 valence electrons. The van der Waals surface area contributed by atoms with Crippen molar-refractivity contribution in [1.82, 2.24) is 9.80 Å². The third-order valence-electron chi connectivity index (χ3n) is 5.53. The van der Waals surface area contributed by atoms with E-state index in [0.717, 1.165) is 18.4 Å². The van der Waals surface area contributed by atoms with Crippen LogP contribution < -0.4 is 15.2 Å². The third kappa shape index (κ3) is 5.08. The van der Waals surface area contributed by atoms with Crippen molar-refractivity contribution in [2.75, 3.05) is 40.4 Å². The zero-order valence-electron chi connectivity index (χ0n) is 16.6. The molecule has 2 aliphatic rings. The van der Waals surface area contributed by atoms with Gasteiger partial charge in [-0.3, -0.25) is 9.59 Å². The summed E-state index contributed by atoms with van der Waals surface area (Å²) >= 11 is 0. The first-order valence-electron chi connectivity index (χ1n) is 9.55. The number of methoxy groups -OCH3 is 2. The quantitative estimate of drug-likeness (QED) is 0.766. The Labute approximate surface area is 172 Å². The molecule has 2 N–H and O–H groups in total. The minimum absolute atomic E-state index is 0. The van der Waals surface area contributed by atoms with Gasteiger partial charge in [-0.25, -0.2) is 0 Å². The fourth-order valence-electron chi connectivity index (χ4n) is 3.83. The van der Waals surface area contributed by atoms with Crippen LogP contribution in [0, 0.1) is 5.92 Å². The molecular weight excluding hydrogens is 382 g/mol. The molecule has 1 aromatic rings. The highest BCUT2D eigenvalue weighted by molar-refractivity contribution is 5.89. The molecule has 0 aromatic heterocycles. The largest absolute Gasteiger partial charge is 0.493 e. The van der Waals surface area contributed by atoms with E-state index in [1.165, 1.54) is 0 Å². The average molecular weight is 412 g/mol. The summed E-state index contributed by atoms with van der Waals surface area (Å²) in [6.07, 6.45) is 2.71. The van der Waals surface area contributed by atoms with E-state index in [4.69, 9.17) is 15.2 Å². The zero-order chi connectivity index (χ0) is 19.4. The SMILES string of the molecule is COc1ccc(CCN2CC(C(=O)N3CCC(N)CC3)CC2=O)cc1OC.Cl. The molecule has 2 fully saturated rings. The number of hydrogen-bond acceptors (Lipinski definition) is 5. The lowest BCUT2D eigenvalue weighted by molar-refractivity contribution is -0.136. The van der Waals surface area contributed by atoms with Gasteiger partial charge in [-0.1, -0.05) is 6.07 Å². The molecule has 3 rings (SSSR count). The molecule has 7 nitrogen and oxygen atoms in total. The average Bonchev–Trinajstić information content (AvgIpc) is 3.06. The maximum absolute atomic E-state index is 12.7. The Bertz CT molecular complexity index is 692. The van der Waals surface area contributed by atoms with Crippen LogP contribution in [0.5, 0.6) is 11.5 Å². The van der Waals surface area contributed by atoms with E-state index in [1.807, 2.05) is 23.1 Å². The number of benzene rings is 1. The summed E-state index contributed by atoms with van der Waals surface area (Å²) in [5.41, 5.74) is 6.98. The van der Waals surface area contributed by atoms with Crippen LogP contribution >= 0.6 is 12.4 Å². The van der Waals surface area contributed by atoms with Crippen molar-refractivity contribution in [2.45, 2.75) is 31.7 Å². The molecule has 2 saturated heterocycles. The van der Waals surface area contributed by atoms with Crippen LogP contribution in [0.4, 0.5) is 0 Å². The molecule has 2 amide bonds. The van der Waals surface area contributed by atoms with Crippen molar-refractivity contribution in [3.8, 4) is 11.5 Å². The van der Waals surface area contributed by atoms with Crippen LogP contribution in [0.15, 0.2) is 18.2 Å². The zero-order valence-corrected chi connectivity index (χ0v) is 17.4. The molecule has 2 heterocycles. The summed E-state index contributed by atoms with van der Waals surface area (Å²) in [6.45, 7) is 2.52. The van der Waals surface area contributed by atoms with E-state index < -0.39 is 0 Å². The fraction of sp³-hybridized carbons (Fsp3) is 0.600. The Morgan fingerprint density at radius 3 is 2.50 bits per heavy atom. The van der Waals surface area contributed by atoms with Crippen LogP contribution in [-0.4, -0.2) is 68.1 Å². The van der Waals surface area contributed by atoms with Gasteiger partial charge < -0.3 is 25.0 Å². The number of amides is 2. The number of ether oxygens (including phenoxy) is 2. The maximum atomic E-state index is 12.7. The minimum Gasteiger partial charge on any atom is -0.493 e. The lowest BCUT2D eigenvalue weighted by atomic mass is 10.0. The topological polar surface area (TPSA) is 85.1 Å². The van der Waals surface area contributed by atoms with E-state index in [1.54, 1.807) is 19.1 Å². The highest BCUT2D eigenvalue weighted by Crippen LogP contribution is 2.28. The summed E-state index contributed by atoms with van der Waals surface area (Å²) in [7, 11) is 3.21. The van der Waals surface area contributed by atoms with Crippen LogP contribution in [0.2, 0.25) is 0 Å². The van der Waals surface area contributed by atoms with Crippen molar-refractivity contribution in [1.29, 1.82) is 0 Å². The highest BCUT2D eigenvalue weighted by Gasteiger charge is 2.36. The molecule has 2 aliphatic heterocycles. The van der Waals surface area contributed by atoms with E-state index in [9.17, 15) is 9.59 Å². The van der Waals surface area contributed by atoms with Crippen LogP contribution in [0.1, 0.15) is 24.8 Å². The summed E-state index contributed by atoms with van der Waals surface area (Å²) < 4.78 is 10.6. The van der Waals surface area contributed by atoms with Gasteiger partial charge in [0.05, 0.1) is 20.1 Å². The van der Waals surface area contributed by atoms with Crippen molar-refractivity contribution >= 4 is 24.2 Å². The van der Waals surface area contributed by atoms with Gasteiger partial charge in [0.15, 0.2) is 11.5 Å². The second-order valence-electron chi connectivity index (χ2n) is 7.34. The summed E-state index contributed by atoms with van der Waals surface area (Å²) in [5, 5.41) is 0. The molecule has 0 saturated carbocycles. The van der Waals surface area contributed by atoms with Gasteiger partial charge in [0.1, 0.15) is 0 Å². The molecular formula is C20H30ClN3O4. The maximum Gasteiger partial charge on any atom is 0.227 e.